The van der Waals surface area contributed by atoms with Gasteiger partial charge in [0.25, 0.3) is 5.91 Å². The van der Waals surface area contributed by atoms with Crippen LogP contribution in [0.3, 0.4) is 0 Å². The summed E-state index contributed by atoms with van der Waals surface area (Å²) in [5, 5.41) is 15.3. The first kappa shape index (κ1) is 13.3. The quantitative estimate of drug-likeness (QED) is 0.639. The van der Waals surface area contributed by atoms with Crippen LogP contribution in [0.4, 0.5) is 0 Å². The molecule has 1 rings (SSSR count). The Balaban J connectivity index is 2.61. The zero-order valence-electron chi connectivity index (χ0n) is 10.1. The molecule has 0 fully saturated rings. The van der Waals surface area contributed by atoms with Crippen LogP contribution >= 0.6 is 0 Å². The topological polar surface area (TPSA) is 70.6 Å². The number of ether oxygens (including phenoxy) is 1. The number of carbonyl (C=O) groups is 1. The van der Waals surface area contributed by atoms with Crippen LogP contribution in [-0.4, -0.2) is 38.3 Å². The summed E-state index contributed by atoms with van der Waals surface area (Å²) in [7, 11) is 3.37. The van der Waals surface area contributed by atoms with E-state index in [4.69, 9.17) is 4.74 Å². The molecule has 0 aliphatic rings. The van der Waals surface area contributed by atoms with E-state index in [1.807, 2.05) is 7.05 Å². The van der Waals surface area contributed by atoms with Gasteiger partial charge in [0.05, 0.1) is 12.7 Å². The maximum Gasteiger partial charge on any atom is 0.255 e. The number of phenolic OH excluding ortho intramolecular Hbond substituents is 1. The van der Waals surface area contributed by atoms with Gasteiger partial charge in [-0.2, -0.15) is 0 Å². The fourth-order valence-electron chi connectivity index (χ4n) is 1.39. The standard InChI is InChI=1S/C12H18N2O3/c1-13-6-3-7-14-12(16)10-8-9(17-2)4-5-11(10)15/h4-5,8,13,15H,3,6-7H2,1-2H3,(H,14,16). The van der Waals surface area contributed by atoms with Crippen LogP contribution in [-0.2, 0) is 0 Å². The first-order valence-electron chi connectivity index (χ1n) is 5.49. The van der Waals surface area contributed by atoms with Crippen molar-refractivity contribution >= 4 is 5.91 Å². The summed E-state index contributed by atoms with van der Waals surface area (Å²) < 4.78 is 5.00. The lowest BCUT2D eigenvalue weighted by Gasteiger charge is -2.08. The third-order valence-corrected chi connectivity index (χ3v) is 2.34. The van der Waals surface area contributed by atoms with Crippen molar-refractivity contribution in [1.82, 2.24) is 10.6 Å². The molecule has 5 heteroatoms. The summed E-state index contributed by atoms with van der Waals surface area (Å²) in [5.41, 5.74) is 0.230. The molecule has 1 amide bonds. The van der Waals surface area contributed by atoms with Crippen molar-refractivity contribution in [3.63, 3.8) is 0 Å². The first-order chi connectivity index (χ1) is 8.19. The number of carbonyl (C=O) groups excluding carboxylic acids is 1. The van der Waals surface area contributed by atoms with Crippen LogP contribution < -0.4 is 15.4 Å². The predicted molar refractivity (Wildman–Crippen MR) is 65.5 cm³/mol. The monoisotopic (exact) mass is 238 g/mol. The van der Waals surface area contributed by atoms with Crippen LogP contribution in [0.1, 0.15) is 16.8 Å². The van der Waals surface area contributed by atoms with Crippen molar-refractivity contribution in [2.75, 3.05) is 27.2 Å². The first-order valence-corrected chi connectivity index (χ1v) is 5.49. The minimum Gasteiger partial charge on any atom is -0.507 e. The number of phenols is 1. The van der Waals surface area contributed by atoms with Gasteiger partial charge in [-0.25, -0.2) is 0 Å². The molecular weight excluding hydrogens is 220 g/mol. The van der Waals surface area contributed by atoms with E-state index >= 15 is 0 Å². The number of hydrogen-bond donors (Lipinski definition) is 3. The molecule has 5 nitrogen and oxygen atoms in total. The molecule has 0 saturated carbocycles. The lowest BCUT2D eigenvalue weighted by atomic mass is 10.1. The van der Waals surface area contributed by atoms with Crippen LogP contribution in [0.25, 0.3) is 0 Å². The maximum atomic E-state index is 11.7. The largest absolute Gasteiger partial charge is 0.507 e. The van der Waals surface area contributed by atoms with E-state index in [2.05, 4.69) is 10.6 Å². The zero-order chi connectivity index (χ0) is 12.7. The molecule has 17 heavy (non-hydrogen) atoms. The number of benzene rings is 1. The smallest absolute Gasteiger partial charge is 0.255 e. The van der Waals surface area contributed by atoms with E-state index in [0.29, 0.717) is 12.3 Å². The molecule has 0 aliphatic heterocycles. The second-order valence-corrected chi connectivity index (χ2v) is 3.60. The third-order valence-electron chi connectivity index (χ3n) is 2.34. The van der Waals surface area contributed by atoms with Crippen LogP contribution in [0.2, 0.25) is 0 Å². The van der Waals surface area contributed by atoms with Gasteiger partial charge in [0.1, 0.15) is 11.5 Å². The Bertz CT molecular complexity index is 380. The zero-order valence-corrected chi connectivity index (χ0v) is 10.1. The molecule has 0 radical (unpaired) electrons. The van der Waals surface area contributed by atoms with Crippen molar-refractivity contribution in [2.24, 2.45) is 0 Å². The molecule has 94 valence electrons. The molecule has 0 aliphatic carbocycles. The van der Waals surface area contributed by atoms with E-state index in [1.54, 1.807) is 6.07 Å². The molecule has 0 unspecified atom stereocenters. The Hall–Kier alpha value is -1.75. The van der Waals surface area contributed by atoms with Crippen LogP contribution in [0, 0.1) is 0 Å². The molecule has 0 atom stereocenters. The molecular formula is C12H18N2O3. The van der Waals surface area contributed by atoms with E-state index < -0.39 is 0 Å². The second-order valence-electron chi connectivity index (χ2n) is 3.60. The summed E-state index contributed by atoms with van der Waals surface area (Å²) in [5.74, 6) is 0.206. The van der Waals surface area contributed by atoms with Gasteiger partial charge in [0.2, 0.25) is 0 Å². The van der Waals surface area contributed by atoms with Gasteiger partial charge < -0.3 is 20.5 Å². The molecule has 0 saturated heterocycles. The van der Waals surface area contributed by atoms with Crippen LogP contribution in [0.5, 0.6) is 11.5 Å². The minimum absolute atomic E-state index is 0.0445. The summed E-state index contributed by atoms with van der Waals surface area (Å²) >= 11 is 0. The summed E-state index contributed by atoms with van der Waals surface area (Å²) in [6.45, 7) is 1.40. The Morgan fingerprint density at radius 3 is 2.82 bits per heavy atom. The average Bonchev–Trinajstić information content (AvgIpc) is 2.35. The van der Waals surface area contributed by atoms with E-state index in [9.17, 15) is 9.90 Å². The highest BCUT2D eigenvalue weighted by Crippen LogP contribution is 2.22. The highest BCUT2D eigenvalue weighted by Gasteiger charge is 2.11. The summed E-state index contributed by atoms with van der Waals surface area (Å²) in [6.07, 6.45) is 0.840. The summed E-state index contributed by atoms with van der Waals surface area (Å²) in [6, 6.07) is 4.57. The minimum atomic E-state index is -0.294. The molecule has 1 aromatic rings. The van der Waals surface area contributed by atoms with E-state index in [1.165, 1.54) is 19.2 Å². The van der Waals surface area contributed by atoms with Gasteiger partial charge in [0, 0.05) is 6.54 Å². The molecule has 0 spiro atoms. The van der Waals surface area contributed by atoms with Gasteiger partial charge in [-0.15, -0.1) is 0 Å². The highest BCUT2D eigenvalue weighted by molar-refractivity contribution is 5.97. The van der Waals surface area contributed by atoms with Crippen molar-refractivity contribution < 1.29 is 14.6 Å². The fourth-order valence-corrected chi connectivity index (χ4v) is 1.39. The number of amides is 1. The number of aromatic hydroxyl groups is 1. The average molecular weight is 238 g/mol. The molecule has 1 aromatic carbocycles. The van der Waals surface area contributed by atoms with Crippen molar-refractivity contribution in [1.29, 1.82) is 0 Å². The normalized spacial score (nSPS) is 10.0. The van der Waals surface area contributed by atoms with Gasteiger partial charge >= 0.3 is 0 Å². The Morgan fingerprint density at radius 1 is 1.41 bits per heavy atom. The molecule has 0 aromatic heterocycles. The maximum absolute atomic E-state index is 11.7. The van der Waals surface area contributed by atoms with Crippen LogP contribution in [0.15, 0.2) is 18.2 Å². The number of nitrogens with one attached hydrogen (secondary N) is 2. The highest BCUT2D eigenvalue weighted by atomic mass is 16.5. The second kappa shape index (κ2) is 6.75. The lowest BCUT2D eigenvalue weighted by molar-refractivity contribution is 0.0950. The fraction of sp³-hybridized carbons (Fsp3) is 0.417. The molecule has 3 N–H and O–H groups in total. The number of methoxy groups -OCH3 is 1. The SMILES string of the molecule is CNCCCNC(=O)c1cc(OC)ccc1O. The van der Waals surface area contributed by atoms with E-state index in [0.717, 1.165) is 13.0 Å². The Labute approximate surface area is 101 Å². The Morgan fingerprint density at radius 2 is 2.18 bits per heavy atom. The molecule has 0 heterocycles. The van der Waals surface area contributed by atoms with Gasteiger partial charge in [-0.3, -0.25) is 4.79 Å². The van der Waals surface area contributed by atoms with Crippen molar-refractivity contribution in [3.8, 4) is 11.5 Å². The number of hydrogen-bond acceptors (Lipinski definition) is 4. The van der Waals surface area contributed by atoms with E-state index in [-0.39, 0.29) is 17.2 Å². The van der Waals surface area contributed by atoms with Gasteiger partial charge in [-0.05, 0) is 38.2 Å². The van der Waals surface area contributed by atoms with Gasteiger partial charge in [-0.1, -0.05) is 0 Å². The Kier molecular flexibility index (Phi) is 5.29. The van der Waals surface area contributed by atoms with Crippen molar-refractivity contribution in [2.45, 2.75) is 6.42 Å². The number of rotatable bonds is 6. The third kappa shape index (κ3) is 3.96. The summed E-state index contributed by atoms with van der Waals surface area (Å²) in [4.78, 5) is 11.7. The predicted octanol–water partition coefficient (Wildman–Crippen LogP) is 0.740. The van der Waals surface area contributed by atoms with Gasteiger partial charge in [0.15, 0.2) is 0 Å². The van der Waals surface area contributed by atoms with Crippen molar-refractivity contribution in [3.05, 3.63) is 23.8 Å². The lowest BCUT2D eigenvalue weighted by Crippen LogP contribution is -2.26. The molecule has 0 bridgehead atoms.